The first-order valence-corrected chi connectivity index (χ1v) is 9.00. The lowest BCUT2D eigenvalue weighted by Gasteiger charge is -2.08. The zero-order valence-corrected chi connectivity index (χ0v) is 15.9. The third-order valence-electron chi connectivity index (χ3n) is 3.96. The van der Waals surface area contributed by atoms with Gasteiger partial charge in [0, 0.05) is 22.1 Å². The van der Waals surface area contributed by atoms with Crippen LogP contribution in [-0.4, -0.2) is 30.9 Å². The van der Waals surface area contributed by atoms with Crippen molar-refractivity contribution in [3.8, 4) is 22.8 Å². The van der Waals surface area contributed by atoms with E-state index in [2.05, 4.69) is 10.3 Å². The lowest BCUT2D eigenvalue weighted by molar-refractivity contribution is 0.100. The number of aromatic nitrogens is 1. The molecule has 0 bridgehead atoms. The van der Waals surface area contributed by atoms with Crippen molar-refractivity contribution in [2.45, 2.75) is 6.92 Å². The van der Waals surface area contributed by atoms with Gasteiger partial charge in [-0.1, -0.05) is 12.1 Å². The number of ether oxygens (including phenoxy) is 2. The van der Waals surface area contributed by atoms with E-state index in [4.69, 9.17) is 9.47 Å². The Bertz CT molecular complexity index is 980. The fourth-order valence-electron chi connectivity index (χ4n) is 2.48. The SMILES string of the molecule is COc1ccc(-c2csc(NC(=O)c3ccc(C(C)=O)cc3)n2)cc1OC. The molecule has 0 saturated heterocycles. The summed E-state index contributed by atoms with van der Waals surface area (Å²) < 4.78 is 10.5. The number of hydrogen-bond donors (Lipinski definition) is 1. The number of methoxy groups -OCH3 is 2. The first-order chi connectivity index (χ1) is 13.0. The molecule has 7 heteroatoms. The molecule has 3 rings (SSSR count). The van der Waals surface area contributed by atoms with Gasteiger partial charge in [-0.05, 0) is 37.3 Å². The van der Waals surface area contributed by atoms with E-state index < -0.39 is 0 Å². The molecule has 1 aromatic heterocycles. The fraction of sp³-hybridized carbons (Fsp3) is 0.150. The largest absolute Gasteiger partial charge is 0.493 e. The van der Waals surface area contributed by atoms with Gasteiger partial charge >= 0.3 is 0 Å². The van der Waals surface area contributed by atoms with Crippen LogP contribution in [0.25, 0.3) is 11.3 Å². The van der Waals surface area contributed by atoms with Crippen molar-refractivity contribution in [1.82, 2.24) is 4.98 Å². The number of anilines is 1. The van der Waals surface area contributed by atoms with Crippen LogP contribution < -0.4 is 14.8 Å². The maximum Gasteiger partial charge on any atom is 0.257 e. The van der Waals surface area contributed by atoms with Gasteiger partial charge in [0.15, 0.2) is 22.4 Å². The maximum atomic E-state index is 12.4. The first kappa shape index (κ1) is 18.6. The Morgan fingerprint density at radius 3 is 2.26 bits per heavy atom. The predicted molar refractivity (Wildman–Crippen MR) is 105 cm³/mol. The lowest BCUT2D eigenvalue weighted by atomic mass is 10.1. The second kappa shape index (κ2) is 8.01. The molecule has 0 fully saturated rings. The molecule has 27 heavy (non-hydrogen) atoms. The number of hydrogen-bond acceptors (Lipinski definition) is 6. The van der Waals surface area contributed by atoms with Gasteiger partial charge in [-0.15, -0.1) is 11.3 Å². The Hall–Kier alpha value is -3.19. The molecule has 0 radical (unpaired) electrons. The number of Topliss-reactive ketones (excluding diaryl/α,β-unsaturated/α-hetero) is 1. The average Bonchev–Trinajstić information content (AvgIpc) is 3.15. The fourth-order valence-corrected chi connectivity index (χ4v) is 3.20. The third-order valence-corrected chi connectivity index (χ3v) is 4.72. The molecule has 3 aromatic rings. The maximum absolute atomic E-state index is 12.4. The molecular formula is C20H18N2O4S. The summed E-state index contributed by atoms with van der Waals surface area (Å²) in [6, 6.07) is 12.0. The minimum atomic E-state index is -0.279. The molecule has 0 spiro atoms. The van der Waals surface area contributed by atoms with Crippen LogP contribution in [0.3, 0.4) is 0 Å². The molecule has 0 saturated carbocycles. The highest BCUT2D eigenvalue weighted by atomic mass is 32.1. The summed E-state index contributed by atoms with van der Waals surface area (Å²) in [7, 11) is 3.16. The second-order valence-electron chi connectivity index (χ2n) is 5.70. The first-order valence-electron chi connectivity index (χ1n) is 8.12. The van der Waals surface area contributed by atoms with Crippen LogP contribution >= 0.6 is 11.3 Å². The van der Waals surface area contributed by atoms with Crippen LogP contribution in [0, 0.1) is 0 Å². The van der Waals surface area contributed by atoms with Crippen molar-refractivity contribution in [2.24, 2.45) is 0 Å². The van der Waals surface area contributed by atoms with E-state index in [0.29, 0.717) is 27.8 Å². The topological polar surface area (TPSA) is 77.5 Å². The smallest absolute Gasteiger partial charge is 0.257 e. The zero-order chi connectivity index (χ0) is 19.4. The normalized spacial score (nSPS) is 10.3. The monoisotopic (exact) mass is 382 g/mol. The molecule has 1 N–H and O–H groups in total. The number of thiazole rings is 1. The van der Waals surface area contributed by atoms with Crippen molar-refractivity contribution in [2.75, 3.05) is 19.5 Å². The highest BCUT2D eigenvalue weighted by Crippen LogP contribution is 2.33. The van der Waals surface area contributed by atoms with Crippen LogP contribution in [-0.2, 0) is 0 Å². The van der Waals surface area contributed by atoms with Crippen molar-refractivity contribution in [1.29, 1.82) is 0 Å². The van der Waals surface area contributed by atoms with Crippen LogP contribution in [0.4, 0.5) is 5.13 Å². The van der Waals surface area contributed by atoms with Crippen LogP contribution in [0.2, 0.25) is 0 Å². The molecule has 1 heterocycles. The van der Waals surface area contributed by atoms with E-state index in [1.54, 1.807) is 38.5 Å². The Morgan fingerprint density at radius 2 is 1.63 bits per heavy atom. The van der Waals surface area contributed by atoms with Gasteiger partial charge in [0.1, 0.15) is 0 Å². The minimum absolute atomic E-state index is 0.0403. The summed E-state index contributed by atoms with van der Waals surface area (Å²) in [5.74, 6) is 0.929. The molecule has 0 aliphatic carbocycles. The lowest BCUT2D eigenvalue weighted by Crippen LogP contribution is -2.11. The van der Waals surface area contributed by atoms with Gasteiger partial charge in [-0.3, -0.25) is 14.9 Å². The molecule has 0 atom stereocenters. The molecule has 138 valence electrons. The molecule has 0 aliphatic heterocycles. The summed E-state index contributed by atoms with van der Waals surface area (Å²) >= 11 is 1.33. The van der Waals surface area contributed by atoms with E-state index in [9.17, 15) is 9.59 Å². The van der Waals surface area contributed by atoms with Gasteiger partial charge < -0.3 is 9.47 Å². The van der Waals surface area contributed by atoms with Gasteiger partial charge in [-0.2, -0.15) is 0 Å². The number of carbonyl (C=O) groups is 2. The summed E-state index contributed by atoms with van der Waals surface area (Å²) in [5, 5.41) is 5.12. The summed E-state index contributed by atoms with van der Waals surface area (Å²) in [6.07, 6.45) is 0. The van der Waals surface area contributed by atoms with Gasteiger partial charge in [-0.25, -0.2) is 4.98 Å². The minimum Gasteiger partial charge on any atom is -0.493 e. The molecule has 2 aromatic carbocycles. The summed E-state index contributed by atoms with van der Waals surface area (Å²) in [5.41, 5.74) is 2.61. The molecule has 0 unspecified atom stereocenters. The van der Waals surface area contributed by atoms with Gasteiger partial charge in [0.25, 0.3) is 5.91 Å². The van der Waals surface area contributed by atoms with Crippen LogP contribution in [0.1, 0.15) is 27.6 Å². The molecule has 1 amide bonds. The Morgan fingerprint density at radius 1 is 0.963 bits per heavy atom. The number of ketones is 1. The number of rotatable bonds is 6. The van der Waals surface area contributed by atoms with Crippen molar-refractivity contribution in [3.63, 3.8) is 0 Å². The van der Waals surface area contributed by atoms with Crippen LogP contribution in [0.15, 0.2) is 47.8 Å². The van der Waals surface area contributed by atoms with Crippen molar-refractivity contribution in [3.05, 3.63) is 59.0 Å². The Labute approximate surface area is 160 Å². The van der Waals surface area contributed by atoms with E-state index in [-0.39, 0.29) is 11.7 Å². The van der Waals surface area contributed by atoms with E-state index in [1.165, 1.54) is 18.3 Å². The Balaban J connectivity index is 1.76. The predicted octanol–water partition coefficient (Wildman–Crippen LogP) is 4.28. The quantitative estimate of drug-likeness (QED) is 0.644. The van der Waals surface area contributed by atoms with Gasteiger partial charge in [0.2, 0.25) is 0 Å². The highest BCUT2D eigenvalue weighted by Gasteiger charge is 2.12. The van der Waals surface area contributed by atoms with E-state index in [0.717, 1.165) is 11.3 Å². The third kappa shape index (κ3) is 4.15. The number of amides is 1. The van der Waals surface area contributed by atoms with Crippen molar-refractivity contribution < 1.29 is 19.1 Å². The molecule has 0 aliphatic rings. The zero-order valence-electron chi connectivity index (χ0n) is 15.1. The number of nitrogens with zero attached hydrogens (tertiary/aromatic N) is 1. The second-order valence-corrected chi connectivity index (χ2v) is 6.55. The standard InChI is InChI=1S/C20H18N2O4S/c1-12(23)13-4-6-14(7-5-13)19(24)22-20-21-16(11-27-20)15-8-9-17(25-2)18(10-15)26-3/h4-11H,1-3H3,(H,21,22,24). The molecular weight excluding hydrogens is 364 g/mol. The number of carbonyl (C=O) groups excluding carboxylic acids is 2. The molecule has 6 nitrogen and oxygen atoms in total. The van der Waals surface area contributed by atoms with E-state index in [1.807, 2.05) is 23.6 Å². The average molecular weight is 382 g/mol. The summed E-state index contributed by atoms with van der Waals surface area (Å²) in [6.45, 7) is 1.49. The van der Waals surface area contributed by atoms with Crippen molar-refractivity contribution >= 4 is 28.2 Å². The number of nitrogens with one attached hydrogen (secondary N) is 1. The van der Waals surface area contributed by atoms with Crippen LogP contribution in [0.5, 0.6) is 11.5 Å². The highest BCUT2D eigenvalue weighted by molar-refractivity contribution is 7.14. The number of benzene rings is 2. The Kier molecular flexibility index (Phi) is 5.52. The summed E-state index contributed by atoms with van der Waals surface area (Å²) in [4.78, 5) is 28.1. The van der Waals surface area contributed by atoms with E-state index >= 15 is 0 Å². The van der Waals surface area contributed by atoms with Gasteiger partial charge in [0.05, 0.1) is 19.9 Å².